The van der Waals surface area contributed by atoms with Crippen LogP contribution in [0.15, 0.2) is 66.2 Å². The first kappa shape index (κ1) is 20.6. The Labute approximate surface area is 179 Å². The molecule has 2 aromatic carbocycles. The molecule has 0 heterocycles. The molecule has 1 amide bonds. The standard InChI is InChI=1S/C27H31NO2/c1-17(2)21-15-22-18(3)14-23(21)26(24(22)16-29)27(30)28(4)25-13-9-8-12-20(25)19-10-6-5-7-11-19/h5-14,16-17,21-24,26H,15H2,1-4H3/t21-,22?,23?,24+,26-/m0/s1. The zero-order chi connectivity index (χ0) is 21.4. The number of nitrogens with zero attached hydrogens (tertiary/aromatic N) is 1. The first-order valence-electron chi connectivity index (χ1n) is 11.0. The Morgan fingerprint density at radius 1 is 1.07 bits per heavy atom. The van der Waals surface area contributed by atoms with E-state index >= 15 is 0 Å². The second-order valence-corrected chi connectivity index (χ2v) is 9.26. The summed E-state index contributed by atoms with van der Waals surface area (Å²) in [5.41, 5.74) is 4.29. The third-order valence-electron chi connectivity index (χ3n) is 7.33. The minimum atomic E-state index is -0.286. The molecule has 3 aliphatic rings. The van der Waals surface area contributed by atoms with Gasteiger partial charge in [0, 0.05) is 18.5 Å². The van der Waals surface area contributed by atoms with Gasteiger partial charge < -0.3 is 9.69 Å². The average Bonchev–Trinajstić information content (AvgIpc) is 2.78. The number of hydrogen-bond donors (Lipinski definition) is 0. The summed E-state index contributed by atoms with van der Waals surface area (Å²) in [6.07, 6.45) is 4.35. The predicted octanol–water partition coefficient (Wildman–Crippen LogP) is 5.62. The molecule has 156 valence electrons. The molecule has 1 saturated carbocycles. The Morgan fingerprint density at radius 3 is 2.40 bits per heavy atom. The number of rotatable bonds is 5. The lowest BCUT2D eigenvalue weighted by molar-refractivity contribution is -0.135. The van der Waals surface area contributed by atoms with E-state index < -0.39 is 0 Å². The van der Waals surface area contributed by atoms with Crippen LogP contribution in [0.5, 0.6) is 0 Å². The maximum absolute atomic E-state index is 13.9. The third kappa shape index (κ3) is 3.40. The highest BCUT2D eigenvalue weighted by Gasteiger charge is 2.52. The van der Waals surface area contributed by atoms with Crippen LogP contribution in [0.3, 0.4) is 0 Å². The molecule has 1 fully saturated rings. The van der Waals surface area contributed by atoms with Gasteiger partial charge in [-0.05, 0) is 48.6 Å². The molecule has 3 nitrogen and oxygen atoms in total. The van der Waals surface area contributed by atoms with Gasteiger partial charge in [-0.15, -0.1) is 0 Å². The molecule has 2 aromatic rings. The van der Waals surface area contributed by atoms with Crippen LogP contribution in [0, 0.1) is 35.5 Å². The monoisotopic (exact) mass is 401 g/mol. The summed E-state index contributed by atoms with van der Waals surface area (Å²) in [6, 6.07) is 18.2. The van der Waals surface area contributed by atoms with E-state index in [0.717, 1.165) is 29.5 Å². The van der Waals surface area contributed by atoms with Crippen molar-refractivity contribution in [2.24, 2.45) is 35.5 Å². The maximum Gasteiger partial charge on any atom is 0.231 e. The zero-order valence-electron chi connectivity index (χ0n) is 18.3. The maximum atomic E-state index is 13.9. The molecule has 0 aliphatic heterocycles. The summed E-state index contributed by atoms with van der Waals surface area (Å²) in [6.45, 7) is 6.60. The fourth-order valence-corrected chi connectivity index (χ4v) is 5.72. The van der Waals surface area contributed by atoms with Crippen molar-refractivity contribution in [2.45, 2.75) is 27.2 Å². The predicted molar refractivity (Wildman–Crippen MR) is 122 cm³/mol. The molecule has 2 bridgehead atoms. The zero-order valence-corrected chi connectivity index (χ0v) is 18.3. The van der Waals surface area contributed by atoms with E-state index in [0.29, 0.717) is 11.8 Å². The second kappa shape index (κ2) is 8.22. The van der Waals surface area contributed by atoms with Gasteiger partial charge in [0.1, 0.15) is 6.29 Å². The number of fused-ring (bicyclic) bond motifs is 2. The van der Waals surface area contributed by atoms with E-state index in [1.807, 2.05) is 43.4 Å². The fourth-order valence-electron chi connectivity index (χ4n) is 5.72. The number of amides is 1. The van der Waals surface area contributed by atoms with E-state index in [1.165, 1.54) is 5.57 Å². The van der Waals surface area contributed by atoms with E-state index in [9.17, 15) is 9.59 Å². The van der Waals surface area contributed by atoms with E-state index in [1.54, 1.807) is 4.90 Å². The minimum Gasteiger partial charge on any atom is -0.315 e. The molecule has 0 aromatic heterocycles. The van der Waals surface area contributed by atoms with Crippen molar-refractivity contribution in [3.05, 3.63) is 66.2 Å². The molecule has 0 radical (unpaired) electrons. The number of hydrogen-bond acceptors (Lipinski definition) is 2. The molecule has 2 unspecified atom stereocenters. The topological polar surface area (TPSA) is 37.4 Å². The van der Waals surface area contributed by atoms with Crippen molar-refractivity contribution < 1.29 is 9.59 Å². The van der Waals surface area contributed by atoms with Gasteiger partial charge in [0.05, 0.1) is 11.6 Å². The molecule has 0 N–H and O–H groups in total. The van der Waals surface area contributed by atoms with Crippen LogP contribution in [0.4, 0.5) is 5.69 Å². The van der Waals surface area contributed by atoms with Crippen LogP contribution in [0.2, 0.25) is 0 Å². The Bertz CT molecular complexity index is 962. The van der Waals surface area contributed by atoms with Gasteiger partial charge in [0.25, 0.3) is 0 Å². The van der Waals surface area contributed by atoms with Crippen molar-refractivity contribution in [3.63, 3.8) is 0 Å². The minimum absolute atomic E-state index is 0.0552. The van der Waals surface area contributed by atoms with Crippen molar-refractivity contribution >= 4 is 17.9 Å². The molecule has 0 spiro atoms. The second-order valence-electron chi connectivity index (χ2n) is 9.26. The van der Waals surface area contributed by atoms with Crippen LogP contribution in [-0.2, 0) is 9.59 Å². The van der Waals surface area contributed by atoms with Gasteiger partial charge in [0.2, 0.25) is 5.91 Å². The Balaban J connectivity index is 1.72. The lowest BCUT2D eigenvalue weighted by Crippen LogP contribution is -2.52. The van der Waals surface area contributed by atoms with Crippen molar-refractivity contribution in [1.82, 2.24) is 0 Å². The normalized spacial score (nSPS) is 27.6. The number of para-hydroxylation sites is 1. The van der Waals surface area contributed by atoms with Gasteiger partial charge in [-0.1, -0.05) is 74.0 Å². The number of benzene rings is 2. The number of carbonyl (C=O) groups is 2. The largest absolute Gasteiger partial charge is 0.315 e. The van der Waals surface area contributed by atoms with Crippen LogP contribution in [0.25, 0.3) is 11.1 Å². The number of carbonyl (C=O) groups excluding carboxylic acids is 2. The van der Waals surface area contributed by atoms with Gasteiger partial charge in [-0.3, -0.25) is 4.79 Å². The summed E-state index contributed by atoms with van der Waals surface area (Å²) < 4.78 is 0. The first-order valence-corrected chi connectivity index (χ1v) is 11.0. The van der Waals surface area contributed by atoms with Crippen molar-refractivity contribution in [3.8, 4) is 11.1 Å². The molecule has 30 heavy (non-hydrogen) atoms. The van der Waals surface area contributed by atoms with E-state index in [4.69, 9.17) is 0 Å². The van der Waals surface area contributed by atoms with Crippen molar-refractivity contribution in [1.29, 1.82) is 0 Å². The molecular weight excluding hydrogens is 370 g/mol. The highest BCUT2D eigenvalue weighted by molar-refractivity contribution is 6.00. The van der Waals surface area contributed by atoms with Gasteiger partial charge in [-0.2, -0.15) is 0 Å². The quantitative estimate of drug-likeness (QED) is 0.482. The van der Waals surface area contributed by atoms with Crippen LogP contribution < -0.4 is 4.90 Å². The molecule has 5 atom stereocenters. The molecule has 0 saturated heterocycles. The van der Waals surface area contributed by atoms with E-state index in [2.05, 4.69) is 45.0 Å². The smallest absolute Gasteiger partial charge is 0.231 e. The Morgan fingerprint density at radius 2 is 1.73 bits per heavy atom. The summed E-state index contributed by atoms with van der Waals surface area (Å²) in [5, 5.41) is 0. The molecule has 5 rings (SSSR count). The lowest BCUT2D eigenvalue weighted by Gasteiger charge is -2.51. The highest BCUT2D eigenvalue weighted by atomic mass is 16.2. The lowest BCUT2D eigenvalue weighted by atomic mass is 9.53. The number of anilines is 1. The summed E-state index contributed by atoms with van der Waals surface area (Å²) in [7, 11) is 1.86. The van der Waals surface area contributed by atoms with Crippen LogP contribution >= 0.6 is 0 Å². The van der Waals surface area contributed by atoms with Gasteiger partial charge in [-0.25, -0.2) is 0 Å². The number of aldehydes is 1. The SMILES string of the molecule is CC1=CC2[C@H](C(C)C)CC1[C@@H](C=O)[C@H]2C(=O)N(C)c1ccccc1-c1ccccc1. The first-order chi connectivity index (χ1) is 14.4. The fraction of sp³-hybridized carbons (Fsp3) is 0.407. The summed E-state index contributed by atoms with van der Waals surface area (Å²) >= 11 is 0. The van der Waals surface area contributed by atoms with E-state index in [-0.39, 0.29) is 29.6 Å². The Kier molecular flexibility index (Phi) is 5.64. The Hall–Kier alpha value is -2.68. The van der Waals surface area contributed by atoms with Crippen LogP contribution in [-0.4, -0.2) is 19.2 Å². The molecule has 3 aliphatic carbocycles. The number of allylic oxidation sites excluding steroid dienone is 2. The average molecular weight is 402 g/mol. The summed E-state index contributed by atoms with van der Waals surface area (Å²) in [5.74, 6) is 0.795. The molecule has 3 heteroatoms. The third-order valence-corrected chi connectivity index (χ3v) is 7.33. The highest BCUT2D eigenvalue weighted by Crippen LogP contribution is 2.53. The van der Waals surface area contributed by atoms with Crippen LogP contribution in [0.1, 0.15) is 27.2 Å². The molecular formula is C27H31NO2. The van der Waals surface area contributed by atoms with Gasteiger partial charge in [0.15, 0.2) is 0 Å². The van der Waals surface area contributed by atoms with Crippen molar-refractivity contribution in [2.75, 3.05) is 11.9 Å². The summed E-state index contributed by atoms with van der Waals surface area (Å²) in [4.78, 5) is 27.8. The van der Waals surface area contributed by atoms with Gasteiger partial charge >= 0.3 is 0 Å².